The van der Waals surface area contributed by atoms with Gasteiger partial charge in [0.05, 0.1) is 6.61 Å². The summed E-state index contributed by atoms with van der Waals surface area (Å²) in [5, 5.41) is 0. The van der Waals surface area contributed by atoms with Crippen LogP contribution in [-0.2, 0) is 15.1 Å². The molecule has 0 aliphatic carbocycles. The van der Waals surface area contributed by atoms with Gasteiger partial charge in [0, 0.05) is 7.11 Å². The summed E-state index contributed by atoms with van der Waals surface area (Å²) in [6, 6.07) is 10.3. The van der Waals surface area contributed by atoms with Gasteiger partial charge < -0.3 is 9.47 Å². The molecule has 2 nitrogen and oxygen atoms in total. The number of hydrogen-bond donors (Lipinski definition) is 0. The molecule has 2 heteroatoms. The molecule has 0 bridgehead atoms. The maximum absolute atomic E-state index is 6.07. The Morgan fingerprint density at radius 2 is 2.00 bits per heavy atom. The lowest BCUT2D eigenvalue weighted by Gasteiger charge is -2.25. The average molecular weight is 218 g/mol. The third-order valence-corrected chi connectivity index (χ3v) is 3.06. The first-order valence-electron chi connectivity index (χ1n) is 5.57. The van der Waals surface area contributed by atoms with Gasteiger partial charge in [-0.25, -0.2) is 0 Å². The monoisotopic (exact) mass is 218 g/mol. The van der Waals surface area contributed by atoms with Gasteiger partial charge in [0.15, 0.2) is 0 Å². The second-order valence-corrected chi connectivity index (χ2v) is 4.42. The lowest BCUT2D eigenvalue weighted by molar-refractivity contribution is -0.0472. The van der Waals surface area contributed by atoms with E-state index in [-0.39, 0.29) is 11.7 Å². The third kappa shape index (κ3) is 2.04. The van der Waals surface area contributed by atoms with E-state index in [0.29, 0.717) is 6.61 Å². The van der Waals surface area contributed by atoms with Crippen LogP contribution in [0.4, 0.5) is 0 Å². The van der Waals surface area contributed by atoms with Gasteiger partial charge in [0.1, 0.15) is 11.7 Å². The van der Waals surface area contributed by atoms with E-state index in [0.717, 1.165) is 0 Å². The van der Waals surface area contributed by atoms with Crippen molar-refractivity contribution in [3.63, 3.8) is 0 Å². The standard InChI is InChI=1S/C14H18O2/c1-11-9-14(2,16-13(11)10-15-3)12-7-5-4-6-8-12/h4-9,13H,10H2,1-3H3/t13?,14-/m1/s1. The summed E-state index contributed by atoms with van der Waals surface area (Å²) in [6.45, 7) is 4.81. The summed E-state index contributed by atoms with van der Waals surface area (Å²) >= 11 is 0. The van der Waals surface area contributed by atoms with Crippen LogP contribution in [0.2, 0.25) is 0 Å². The SMILES string of the molecule is COCC1O[C@@](C)(c2ccccc2)C=C1C. The molecule has 1 aliphatic rings. The maximum atomic E-state index is 6.07. The quantitative estimate of drug-likeness (QED) is 0.726. The predicted octanol–water partition coefficient (Wildman–Crippen LogP) is 2.89. The van der Waals surface area contributed by atoms with Crippen molar-refractivity contribution >= 4 is 0 Å². The van der Waals surface area contributed by atoms with E-state index >= 15 is 0 Å². The zero-order valence-electron chi connectivity index (χ0n) is 10.1. The molecule has 2 rings (SSSR count). The molecule has 0 radical (unpaired) electrons. The Morgan fingerprint density at radius 1 is 1.31 bits per heavy atom. The van der Waals surface area contributed by atoms with Crippen LogP contribution in [0.3, 0.4) is 0 Å². The topological polar surface area (TPSA) is 18.5 Å². The van der Waals surface area contributed by atoms with Crippen LogP contribution in [0.5, 0.6) is 0 Å². The third-order valence-electron chi connectivity index (χ3n) is 3.06. The highest BCUT2D eigenvalue weighted by Crippen LogP contribution is 2.36. The highest BCUT2D eigenvalue weighted by Gasteiger charge is 2.35. The lowest BCUT2D eigenvalue weighted by Crippen LogP contribution is -2.25. The molecule has 0 saturated heterocycles. The fourth-order valence-electron chi connectivity index (χ4n) is 2.19. The number of methoxy groups -OCH3 is 1. The minimum atomic E-state index is -0.311. The van der Waals surface area contributed by atoms with Gasteiger partial charge in [-0.2, -0.15) is 0 Å². The fraction of sp³-hybridized carbons (Fsp3) is 0.429. The van der Waals surface area contributed by atoms with E-state index in [1.165, 1.54) is 11.1 Å². The van der Waals surface area contributed by atoms with Gasteiger partial charge >= 0.3 is 0 Å². The van der Waals surface area contributed by atoms with Crippen LogP contribution < -0.4 is 0 Å². The Bertz CT molecular complexity index is 383. The average Bonchev–Trinajstić information content (AvgIpc) is 2.57. The summed E-state index contributed by atoms with van der Waals surface area (Å²) < 4.78 is 11.2. The number of hydrogen-bond acceptors (Lipinski definition) is 2. The maximum Gasteiger partial charge on any atom is 0.110 e. The largest absolute Gasteiger partial charge is 0.382 e. The van der Waals surface area contributed by atoms with E-state index < -0.39 is 0 Å². The first kappa shape index (κ1) is 11.4. The Morgan fingerprint density at radius 3 is 2.62 bits per heavy atom. The van der Waals surface area contributed by atoms with E-state index in [4.69, 9.17) is 9.47 Å². The molecule has 1 unspecified atom stereocenters. The van der Waals surface area contributed by atoms with Gasteiger partial charge in [-0.15, -0.1) is 0 Å². The van der Waals surface area contributed by atoms with Crippen molar-refractivity contribution in [3.05, 3.63) is 47.5 Å². The molecule has 0 amide bonds. The minimum Gasteiger partial charge on any atom is -0.382 e. The molecule has 1 aliphatic heterocycles. The predicted molar refractivity (Wildman–Crippen MR) is 64.3 cm³/mol. The van der Waals surface area contributed by atoms with Crippen molar-refractivity contribution in [3.8, 4) is 0 Å². The molecule has 0 aromatic heterocycles. The van der Waals surface area contributed by atoms with Crippen LogP contribution in [0.1, 0.15) is 19.4 Å². The summed E-state index contributed by atoms with van der Waals surface area (Å²) in [7, 11) is 1.70. The summed E-state index contributed by atoms with van der Waals surface area (Å²) in [5.41, 5.74) is 2.12. The summed E-state index contributed by atoms with van der Waals surface area (Å²) in [6.07, 6.45) is 2.27. The molecule has 16 heavy (non-hydrogen) atoms. The van der Waals surface area contributed by atoms with Gasteiger partial charge in [0.2, 0.25) is 0 Å². The van der Waals surface area contributed by atoms with Crippen molar-refractivity contribution in [2.24, 2.45) is 0 Å². The Labute approximate surface area is 96.9 Å². The summed E-state index contributed by atoms with van der Waals surface area (Å²) in [4.78, 5) is 0. The molecule has 1 aromatic carbocycles. The van der Waals surface area contributed by atoms with Crippen molar-refractivity contribution in [1.82, 2.24) is 0 Å². The molecular formula is C14H18O2. The number of rotatable bonds is 3. The molecule has 0 saturated carbocycles. The van der Waals surface area contributed by atoms with Crippen molar-refractivity contribution in [2.45, 2.75) is 25.6 Å². The lowest BCUT2D eigenvalue weighted by atomic mass is 9.95. The zero-order valence-corrected chi connectivity index (χ0v) is 10.1. The Balaban J connectivity index is 2.24. The number of ether oxygens (including phenoxy) is 2. The second kappa shape index (κ2) is 4.40. The van der Waals surface area contributed by atoms with Gasteiger partial charge in [-0.1, -0.05) is 30.3 Å². The Kier molecular flexibility index (Phi) is 3.13. The van der Waals surface area contributed by atoms with E-state index in [9.17, 15) is 0 Å². The highest BCUT2D eigenvalue weighted by molar-refractivity contribution is 5.32. The first-order valence-corrected chi connectivity index (χ1v) is 5.57. The highest BCUT2D eigenvalue weighted by atomic mass is 16.5. The zero-order chi connectivity index (χ0) is 11.6. The molecule has 2 atom stereocenters. The summed E-state index contributed by atoms with van der Waals surface area (Å²) in [5.74, 6) is 0. The van der Waals surface area contributed by atoms with Crippen LogP contribution in [0.15, 0.2) is 42.0 Å². The Hall–Kier alpha value is -1.12. The van der Waals surface area contributed by atoms with E-state index in [2.05, 4.69) is 32.1 Å². The second-order valence-electron chi connectivity index (χ2n) is 4.42. The van der Waals surface area contributed by atoms with Gasteiger partial charge in [-0.05, 0) is 31.1 Å². The van der Waals surface area contributed by atoms with Crippen LogP contribution in [0, 0.1) is 0 Å². The fourth-order valence-corrected chi connectivity index (χ4v) is 2.19. The van der Waals surface area contributed by atoms with Crippen molar-refractivity contribution in [1.29, 1.82) is 0 Å². The molecule has 1 heterocycles. The smallest absolute Gasteiger partial charge is 0.110 e. The van der Waals surface area contributed by atoms with Crippen LogP contribution in [0.25, 0.3) is 0 Å². The van der Waals surface area contributed by atoms with Gasteiger partial charge in [-0.3, -0.25) is 0 Å². The van der Waals surface area contributed by atoms with Crippen molar-refractivity contribution in [2.75, 3.05) is 13.7 Å². The normalized spacial score (nSPS) is 29.2. The first-order chi connectivity index (χ1) is 7.65. The van der Waals surface area contributed by atoms with Gasteiger partial charge in [0.25, 0.3) is 0 Å². The molecule has 0 fully saturated rings. The van der Waals surface area contributed by atoms with Crippen LogP contribution in [-0.4, -0.2) is 19.8 Å². The number of benzene rings is 1. The van der Waals surface area contributed by atoms with E-state index in [1.807, 2.05) is 18.2 Å². The van der Waals surface area contributed by atoms with Crippen LogP contribution >= 0.6 is 0 Å². The van der Waals surface area contributed by atoms with E-state index in [1.54, 1.807) is 7.11 Å². The molecular weight excluding hydrogens is 200 g/mol. The molecule has 86 valence electrons. The minimum absolute atomic E-state index is 0.0789. The molecule has 0 spiro atoms. The molecule has 1 aromatic rings. The molecule has 0 N–H and O–H groups in total. The van der Waals surface area contributed by atoms with Crippen molar-refractivity contribution < 1.29 is 9.47 Å².